The van der Waals surface area contributed by atoms with E-state index in [1.807, 2.05) is 0 Å². The minimum absolute atomic E-state index is 0.0982. The van der Waals surface area contributed by atoms with Gasteiger partial charge in [-0.1, -0.05) is 17.7 Å². The summed E-state index contributed by atoms with van der Waals surface area (Å²) in [5.41, 5.74) is 3.17. The van der Waals surface area contributed by atoms with E-state index in [-0.39, 0.29) is 28.2 Å². The molecule has 138 valence electrons. The van der Waals surface area contributed by atoms with E-state index in [9.17, 15) is 19.5 Å². The number of benzene rings is 2. The van der Waals surface area contributed by atoms with E-state index in [0.717, 1.165) is 0 Å². The summed E-state index contributed by atoms with van der Waals surface area (Å²) < 4.78 is 9.98. The van der Waals surface area contributed by atoms with Gasteiger partial charge in [0.2, 0.25) is 0 Å². The highest BCUT2D eigenvalue weighted by molar-refractivity contribution is 6.31. The second-order valence-corrected chi connectivity index (χ2v) is 5.83. The first-order valence-corrected chi connectivity index (χ1v) is 7.98. The van der Waals surface area contributed by atoms with Crippen molar-refractivity contribution >= 4 is 34.4 Å². The quantitative estimate of drug-likeness (QED) is 0.468. The van der Waals surface area contributed by atoms with Crippen molar-refractivity contribution in [2.75, 3.05) is 7.11 Å². The zero-order valence-corrected chi connectivity index (χ0v) is 14.7. The van der Waals surface area contributed by atoms with Gasteiger partial charge in [-0.15, -0.1) is 0 Å². The number of para-hydroxylation sites is 1. The molecule has 0 radical (unpaired) electrons. The van der Waals surface area contributed by atoms with E-state index in [1.165, 1.54) is 43.5 Å². The van der Waals surface area contributed by atoms with Gasteiger partial charge in [-0.05, 0) is 36.4 Å². The van der Waals surface area contributed by atoms with E-state index >= 15 is 0 Å². The van der Waals surface area contributed by atoms with E-state index < -0.39 is 17.4 Å². The summed E-state index contributed by atoms with van der Waals surface area (Å²) >= 11 is 5.89. The fourth-order valence-corrected chi connectivity index (χ4v) is 2.55. The van der Waals surface area contributed by atoms with E-state index in [0.29, 0.717) is 10.4 Å². The summed E-state index contributed by atoms with van der Waals surface area (Å²) in [7, 11) is 1.34. The third-order valence-corrected chi connectivity index (χ3v) is 3.93. The van der Waals surface area contributed by atoms with Crippen LogP contribution < -0.4 is 21.2 Å². The summed E-state index contributed by atoms with van der Waals surface area (Å²) in [4.78, 5) is 36.4. The Kier molecular flexibility index (Phi) is 5.00. The van der Waals surface area contributed by atoms with Gasteiger partial charge in [0.15, 0.2) is 11.5 Å². The normalized spacial score (nSPS) is 10.4. The second-order valence-electron chi connectivity index (χ2n) is 5.39. The Labute approximate surface area is 157 Å². The monoisotopic (exact) mass is 388 g/mol. The van der Waals surface area contributed by atoms with Gasteiger partial charge in [0, 0.05) is 10.4 Å². The van der Waals surface area contributed by atoms with Gasteiger partial charge in [-0.2, -0.15) is 0 Å². The fourth-order valence-electron chi connectivity index (χ4n) is 2.37. The first-order chi connectivity index (χ1) is 12.9. The van der Waals surface area contributed by atoms with Crippen molar-refractivity contribution in [3.63, 3.8) is 0 Å². The van der Waals surface area contributed by atoms with Crippen LogP contribution in [0.2, 0.25) is 5.02 Å². The van der Waals surface area contributed by atoms with Crippen molar-refractivity contribution in [2.24, 2.45) is 0 Å². The third kappa shape index (κ3) is 3.70. The number of methoxy groups -OCH3 is 1. The van der Waals surface area contributed by atoms with Gasteiger partial charge in [-0.3, -0.25) is 20.4 Å². The minimum atomic E-state index is -0.888. The van der Waals surface area contributed by atoms with Crippen LogP contribution in [0.4, 0.5) is 0 Å². The number of carbonyl (C=O) groups is 2. The molecule has 0 atom stereocenters. The van der Waals surface area contributed by atoms with E-state index in [1.54, 1.807) is 6.07 Å². The molecule has 0 aliphatic rings. The summed E-state index contributed by atoms with van der Waals surface area (Å²) in [6, 6.07) is 10.2. The summed E-state index contributed by atoms with van der Waals surface area (Å²) in [6.07, 6.45) is 0. The van der Waals surface area contributed by atoms with Crippen molar-refractivity contribution in [2.45, 2.75) is 0 Å². The number of amides is 2. The maximum Gasteiger partial charge on any atom is 0.349 e. The summed E-state index contributed by atoms with van der Waals surface area (Å²) in [6.45, 7) is 0. The number of hydrogen-bond acceptors (Lipinski definition) is 6. The molecule has 27 heavy (non-hydrogen) atoms. The molecule has 3 rings (SSSR count). The van der Waals surface area contributed by atoms with Crippen molar-refractivity contribution in [3.05, 3.63) is 69.0 Å². The van der Waals surface area contributed by atoms with Crippen LogP contribution in [0.3, 0.4) is 0 Å². The van der Waals surface area contributed by atoms with Crippen LogP contribution in [0, 0.1) is 0 Å². The molecule has 0 saturated carbocycles. The average Bonchev–Trinajstić information content (AvgIpc) is 2.65. The molecule has 2 amide bonds. The highest BCUT2D eigenvalue weighted by Gasteiger charge is 2.18. The van der Waals surface area contributed by atoms with E-state index in [2.05, 4.69) is 10.9 Å². The van der Waals surface area contributed by atoms with Crippen molar-refractivity contribution < 1.29 is 23.8 Å². The van der Waals surface area contributed by atoms with Gasteiger partial charge in [0.05, 0.1) is 12.7 Å². The number of phenols is 1. The highest BCUT2D eigenvalue weighted by Crippen LogP contribution is 2.29. The Morgan fingerprint density at radius 1 is 1.07 bits per heavy atom. The lowest BCUT2D eigenvalue weighted by Gasteiger charge is -2.10. The number of aromatic hydroxyl groups is 1. The number of rotatable bonds is 3. The van der Waals surface area contributed by atoms with E-state index in [4.69, 9.17) is 20.8 Å². The van der Waals surface area contributed by atoms with Crippen LogP contribution in [0.25, 0.3) is 11.0 Å². The molecule has 0 aliphatic carbocycles. The molecule has 9 heteroatoms. The molecule has 0 fully saturated rings. The zero-order chi connectivity index (χ0) is 19.6. The molecule has 8 nitrogen and oxygen atoms in total. The van der Waals surface area contributed by atoms with Gasteiger partial charge < -0.3 is 14.3 Å². The molecule has 2 aromatic carbocycles. The fraction of sp³-hybridized carbons (Fsp3) is 0.0556. The molecule has 1 heterocycles. The lowest BCUT2D eigenvalue weighted by molar-refractivity contribution is 0.0842. The van der Waals surface area contributed by atoms with Crippen molar-refractivity contribution in [1.29, 1.82) is 0 Å². The van der Waals surface area contributed by atoms with Crippen molar-refractivity contribution in [1.82, 2.24) is 10.9 Å². The summed E-state index contributed by atoms with van der Waals surface area (Å²) in [5.74, 6) is -1.97. The molecule has 0 spiro atoms. The Morgan fingerprint density at radius 3 is 2.48 bits per heavy atom. The minimum Gasteiger partial charge on any atom is -0.504 e. The SMILES string of the molecule is COc1cccc(C(=O)NNC(=O)c2cc3cc(Cl)ccc3oc2=O)c1O. The van der Waals surface area contributed by atoms with Crippen LogP contribution >= 0.6 is 11.6 Å². The van der Waals surface area contributed by atoms with Gasteiger partial charge in [-0.25, -0.2) is 4.79 Å². The zero-order valence-electron chi connectivity index (χ0n) is 13.9. The number of halogens is 1. The molecule has 3 aromatic rings. The third-order valence-electron chi connectivity index (χ3n) is 3.69. The first kappa shape index (κ1) is 18.3. The Balaban J connectivity index is 1.80. The lowest BCUT2D eigenvalue weighted by atomic mass is 10.1. The molecule has 0 saturated heterocycles. The van der Waals surface area contributed by atoms with Gasteiger partial charge >= 0.3 is 5.63 Å². The van der Waals surface area contributed by atoms with Crippen LogP contribution in [-0.2, 0) is 0 Å². The maximum atomic E-state index is 12.2. The van der Waals surface area contributed by atoms with Gasteiger partial charge in [0.25, 0.3) is 11.8 Å². The number of fused-ring (bicyclic) bond motifs is 1. The first-order valence-electron chi connectivity index (χ1n) is 7.60. The molecule has 0 bridgehead atoms. The smallest absolute Gasteiger partial charge is 0.349 e. The number of ether oxygens (including phenoxy) is 1. The van der Waals surface area contributed by atoms with Crippen LogP contribution in [0.5, 0.6) is 11.5 Å². The topological polar surface area (TPSA) is 118 Å². The maximum absolute atomic E-state index is 12.2. The largest absolute Gasteiger partial charge is 0.504 e. The number of nitrogens with one attached hydrogen (secondary N) is 2. The lowest BCUT2D eigenvalue weighted by Crippen LogP contribution is -2.43. The molecule has 3 N–H and O–H groups in total. The van der Waals surface area contributed by atoms with Gasteiger partial charge in [0.1, 0.15) is 11.1 Å². The number of hydrazine groups is 1. The number of carbonyl (C=O) groups excluding carboxylic acids is 2. The standard InChI is InChI=1S/C18H13ClN2O6/c1-26-14-4-2-3-11(15(14)22)16(23)20-21-17(24)12-8-9-7-10(19)5-6-13(9)27-18(12)25/h2-8,22H,1H3,(H,20,23)(H,21,24). The predicted octanol–water partition coefficient (Wildman–Crippen LogP) is 2.24. The molecular weight excluding hydrogens is 376 g/mol. The summed E-state index contributed by atoms with van der Waals surface area (Å²) in [5, 5.41) is 10.8. The Morgan fingerprint density at radius 2 is 1.78 bits per heavy atom. The van der Waals surface area contributed by atoms with Crippen LogP contribution in [-0.4, -0.2) is 24.0 Å². The highest BCUT2D eigenvalue weighted by atomic mass is 35.5. The molecular formula is C18H13ClN2O6. The van der Waals surface area contributed by atoms with Crippen LogP contribution in [0.15, 0.2) is 51.7 Å². The Bertz CT molecular complexity index is 1110. The van der Waals surface area contributed by atoms with Crippen molar-refractivity contribution in [3.8, 4) is 11.5 Å². The molecule has 0 unspecified atom stereocenters. The number of phenolic OH excluding ortho intramolecular Hbond substituents is 1. The van der Waals surface area contributed by atoms with Crippen LogP contribution in [0.1, 0.15) is 20.7 Å². The number of hydrogen-bond donors (Lipinski definition) is 3. The molecule has 0 aliphatic heterocycles. The average molecular weight is 389 g/mol. The molecule has 1 aromatic heterocycles. The second kappa shape index (κ2) is 7.38. The predicted molar refractivity (Wildman–Crippen MR) is 97.1 cm³/mol. The Hall–Kier alpha value is -3.52.